The largest absolute Gasteiger partial charge is 0.475 e. The molecule has 0 spiro atoms. The van der Waals surface area contributed by atoms with Crippen molar-refractivity contribution in [1.29, 1.82) is 0 Å². The lowest BCUT2D eigenvalue weighted by molar-refractivity contribution is 0.0906. The third kappa shape index (κ3) is 7.02. The summed E-state index contributed by atoms with van der Waals surface area (Å²) in [6.07, 6.45) is 3.10. The quantitative estimate of drug-likeness (QED) is 0.502. The lowest BCUT2D eigenvalue weighted by Gasteiger charge is -2.21. The molecule has 3 rings (SSSR count). The molecule has 1 aromatic carbocycles. The first kappa shape index (κ1) is 22.1. The molecule has 0 saturated carbocycles. The highest BCUT2D eigenvalue weighted by molar-refractivity contribution is 5.80. The van der Waals surface area contributed by atoms with Crippen LogP contribution in [0.15, 0.2) is 53.7 Å². The summed E-state index contributed by atoms with van der Waals surface area (Å²) in [5.41, 5.74) is 2.30. The Balaban J connectivity index is 1.49. The standard InChI is InChI=1S/C24H34N4O2/c1-4-25-24(27-15-21-10-11-23(26-14-21)30-19(2)3)28-13-12-22(16-28)18-29-17-20-8-6-5-7-9-20/h5-11,14,19,22H,4,12-13,15-18H2,1-3H3,(H,25,27). The summed E-state index contributed by atoms with van der Waals surface area (Å²) < 4.78 is 11.6. The fraction of sp³-hybridized carbons (Fsp3) is 0.500. The second-order valence-electron chi connectivity index (χ2n) is 7.94. The van der Waals surface area contributed by atoms with E-state index in [-0.39, 0.29) is 6.10 Å². The second-order valence-corrected chi connectivity index (χ2v) is 7.94. The summed E-state index contributed by atoms with van der Waals surface area (Å²) in [4.78, 5) is 11.5. The van der Waals surface area contributed by atoms with Gasteiger partial charge in [-0.25, -0.2) is 9.98 Å². The van der Waals surface area contributed by atoms with E-state index >= 15 is 0 Å². The number of hydrogen-bond acceptors (Lipinski definition) is 4. The van der Waals surface area contributed by atoms with Gasteiger partial charge in [-0.3, -0.25) is 0 Å². The number of nitrogens with one attached hydrogen (secondary N) is 1. The number of nitrogens with zero attached hydrogens (tertiary/aromatic N) is 3. The average Bonchev–Trinajstić information content (AvgIpc) is 3.21. The van der Waals surface area contributed by atoms with E-state index in [9.17, 15) is 0 Å². The normalized spacial score (nSPS) is 16.9. The SMILES string of the molecule is CCNC(=NCc1ccc(OC(C)C)nc1)N1CCC(COCc2ccccc2)C1. The number of likely N-dealkylation sites (tertiary alicyclic amines) is 1. The zero-order valence-corrected chi connectivity index (χ0v) is 18.4. The molecule has 1 unspecified atom stereocenters. The molecule has 0 aliphatic carbocycles. The molecule has 1 aromatic heterocycles. The van der Waals surface area contributed by atoms with Gasteiger partial charge < -0.3 is 19.7 Å². The predicted molar refractivity (Wildman–Crippen MR) is 121 cm³/mol. The number of ether oxygens (including phenoxy) is 2. The molecule has 0 amide bonds. The van der Waals surface area contributed by atoms with Gasteiger partial charge in [0.05, 0.1) is 25.9 Å². The minimum absolute atomic E-state index is 0.126. The number of aliphatic imine (C=N–C) groups is 1. The van der Waals surface area contributed by atoms with Crippen LogP contribution in [-0.4, -0.2) is 48.2 Å². The lowest BCUT2D eigenvalue weighted by Crippen LogP contribution is -2.40. The Labute approximate surface area is 180 Å². The van der Waals surface area contributed by atoms with Gasteiger partial charge in [0, 0.05) is 37.8 Å². The van der Waals surface area contributed by atoms with Gasteiger partial charge in [0.2, 0.25) is 5.88 Å². The van der Waals surface area contributed by atoms with Crippen molar-refractivity contribution >= 4 is 5.96 Å². The Morgan fingerprint density at radius 3 is 2.73 bits per heavy atom. The van der Waals surface area contributed by atoms with Gasteiger partial charge in [-0.05, 0) is 38.3 Å². The summed E-state index contributed by atoms with van der Waals surface area (Å²) in [5, 5.41) is 3.42. The summed E-state index contributed by atoms with van der Waals surface area (Å²) in [6.45, 7) is 11.0. The zero-order valence-electron chi connectivity index (χ0n) is 18.4. The summed E-state index contributed by atoms with van der Waals surface area (Å²) >= 11 is 0. The van der Waals surface area contributed by atoms with Crippen molar-refractivity contribution in [1.82, 2.24) is 15.2 Å². The predicted octanol–water partition coefficient (Wildman–Crippen LogP) is 3.87. The fourth-order valence-corrected chi connectivity index (χ4v) is 3.49. The van der Waals surface area contributed by atoms with Gasteiger partial charge >= 0.3 is 0 Å². The van der Waals surface area contributed by atoms with Crippen LogP contribution >= 0.6 is 0 Å². The third-order valence-electron chi connectivity index (χ3n) is 4.95. The lowest BCUT2D eigenvalue weighted by atomic mass is 10.1. The first-order chi connectivity index (χ1) is 14.6. The van der Waals surface area contributed by atoms with Crippen LogP contribution in [0, 0.1) is 5.92 Å². The number of benzene rings is 1. The highest BCUT2D eigenvalue weighted by Gasteiger charge is 2.25. The van der Waals surface area contributed by atoms with Crippen LogP contribution < -0.4 is 10.1 Å². The molecule has 6 nitrogen and oxygen atoms in total. The van der Waals surface area contributed by atoms with Crippen LogP contribution in [0.1, 0.15) is 38.3 Å². The van der Waals surface area contributed by atoms with Crippen molar-refractivity contribution in [3.05, 3.63) is 59.8 Å². The highest BCUT2D eigenvalue weighted by atomic mass is 16.5. The van der Waals surface area contributed by atoms with Crippen LogP contribution in [0.2, 0.25) is 0 Å². The van der Waals surface area contributed by atoms with Gasteiger partial charge in [-0.2, -0.15) is 0 Å². The molecule has 1 fully saturated rings. The molecule has 1 aliphatic heterocycles. The zero-order chi connectivity index (χ0) is 21.2. The van der Waals surface area contributed by atoms with E-state index in [1.54, 1.807) is 0 Å². The van der Waals surface area contributed by atoms with Gasteiger partial charge in [0.1, 0.15) is 0 Å². The Morgan fingerprint density at radius 2 is 2.03 bits per heavy atom. The molecule has 1 atom stereocenters. The molecular formula is C24H34N4O2. The van der Waals surface area contributed by atoms with Crippen LogP contribution in [0.5, 0.6) is 5.88 Å². The number of guanidine groups is 1. The fourth-order valence-electron chi connectivity index (χ4n) is 3.49. The molecule has 6 heteroatoms. The number of pyridine rings is 1. The van der Waals surface area contributed by atoms with E-state index in [4.69, 9.17) is 14.5 Å². The Morgan fingerprint density at radius 1 is 1.20 bits per heavy atom. The number of rotatable bonds is 9. The number of hydrogen-bond donors (Lipinski definition) is 1. The van der Waals surface area contributed by atoms with Crippen molar-refractivity contribution in [2.75, 3.05) is 26.2 Å². The van der Waals surface area contributed by atoms with Crippen LogP contribution in [-0.2, 0) is 17.9 Å². The molecular weight excluding hydrogens is 376 g/mol. The minimum atomic E-state index is 0.126. The van der Waals surface area contributed by atoms with Gasteiger partial charge in [0.15, 0.2) is 5.96 Å². The first-order valence-electron chi connectivity index (χ1n) is 10.9. The van der Waals surface area contributed by atoms with Crippen LogP contribution in [0.4, 0.5) is 0 Å². The topological polar surface area (TPSA) is 59.0 Å². The molecule has 0 radical (unpaired) electrons. The van der Waals surface area contributed by atoms with E-state index in [0.29, 0.717) is 24.9 Å². The maximum atomic E-state index is 5.95. The van der Waals surface area contributed by atoms with Crippen molar-refractivity contribution in [3.63, 3.8) is 0 Å². The smallest absolute Gasteiger partial charge is 0.213 e. The molecule has 1 N–H and O–H groups in total. The van der Waals surface area contributed by atoms with Crippen molar-refractivity contribution in [2.45, 2.75) is 46.4 Å². The van der Waals surface area contributed by atoms with Gasteiger partial charge in [0.25, 0.3) is 0 Å². The van der Waals surface area contributed by atoms with E-state index in [0.717, 1.165) is 44.2 Å². The summed E-state index contributed by atoms with van der Waals surface area (Å²) in [6, 6.07) is 14.3. The second kappa shape index (κ2) is 11.6. The first-order valence-corrected chi connectivity index (χ1v) is 10.9. The number of aromatic nitrogens is 1. The van der Waals surface area contributed by atoms with Crippen molar-refractivity contribution < 1.29 is 9.47 Å². The Kier molecular flexibility index (Phi) is 8.51. The van der Waals surface area contributed by atoms with Crippen LogP contribution in [0.3, 0.4) is 0 Å². The third-order valence-corrected chi connectivity index (χ3v) is 4.95. The Bertz CT molecular complexity index is 778. The van der Waals surface area contributed by atoms with E-state index in [1.165, 1.54) is 5.56 Å². The molecule has 2 aromatic rings. The molecule has 0 bridgehead atoms. The van der Waals surface area contributed by atoms with E-state index < -0.39 is 0 Å². The summed E-state index contributed by atoms with van der Waals surface area (Å²) in [5.74, 6) is 2.15. The van der Waals surface area contributed by atoms with E-state index in [1.807, 2.05) is 38.2 Å². The van der Waals surface area contributed by atoms with Gasteiger partial charge in [-0.1, -0.05) is 36.4 Å². The van der Waals surface area contributed by atoms with E-state index in [2.05, 4.69) is 46.4 Å². The Hall–Kier alpha value is -2.60. The average molecular weight is 411 g/mol. The van der Waals surface area contributed by atoms with Crippen molar-refractivity contribution in [2.24, 2.45) is 10.9 Å². The molecule has 30 heavy (non-hydrogen) atoms. The maximum absolute atomic E-state index is 5.95. The van der Waals surface area contributed by atoms with Gasteiger partial charge in [-0.15, -0.1) is 0 Å². The molecule has 1 saturated heterocycles. The van der Waals surface area contributed by atoms with Crippen molar-refractivity contribution in [3.8, 4) is 5.88 Å². The maximum Gasteiger partial charge on any atom is 0.213 e. The minimum Gasteiger partial charge on any atom is -0.475 e. The van der Waals surface area contributed by atoms with Crippen LogP contribution in [0.25, 0.3) is 0 Å². The molecule has 1 aliphatic rings. The summed E-state index contributed by atoms with van der Waals surface area (Å²) in [7, 11) is 0. The monoisotopic (exact) mass is 410 g/mol. The molecule has 162 valence electrons. The highest BCUT2D eigenvalue weighted by Crippen LogP contribution is 2.18. The molecule has 2 heterocycles.